The Hall–Kier alpha value is -1.23. The number of phenolic OH excluding ortho intramolecular Hbond substituents is 1. The average Bonchev–Trinajstić information content (AvgIpc) is 1.92. The van der Waals surface area contributed by atoms with Crippen LogP contribution in [0.15, 0.2) is 23.1 Å². The second-order valence-corrected chi connectivity index (χ2v) is 4.48. The maximum Gasteiger partial charge on any atom is 0.177 e. The predicted octanol–water partition coefficient (Wildman–Crippen LogP) is 0.378. The SMILES string of the molecule is CS(=O)(=O)c1cc(O)ccc1N. The van der Waals surface area contributed by atoms with E-state index < -0.39 is 9.84 Å². The first-order chi connectivity index (χ1) is 5.41. The zero-order valence-corrected chi connectivity index (χ0v) is 7.30. The van der Waals surface area contributed by atoms with Gasteiger partial charge in [-0.2, -0.15) is 0 Å². The molecule has 5 heteroatoms. The largest absolute Gasteiger partial charge is 0.508 e. The van der Waals surface area contributed by atoms with Crippen molar-refractivity contribution in [2.24, 2.45) is 0 Å². The highest BCUT2D eigenvalue weighted by Gasteiger charge is 2.11. The highest BCUT2D eigenvalue weighted by molar-refractivity contribution is 7.90. The lowest BCUT2D eigenvalue weighted by Crippen LogP contribution is -2.01. The van der Waals surface area contributed by atoms with E-state index in [4.69, 9.17) is 10.8 Å². The van der Waals surface area contributed by atoms with Gasteiger partial charge in [0, 0.05) is 12.3 Å². The number of sulfone groups is 1. The molecular weight excluding hydrogens is 178 g/mol. The van der Waals surface area contributed by atoms with Gasteiger partial charge in [0.2, 0.25) is 0 Å². The van der Waals surface area contributed by atoms with E-state index in [0.717, 1.165) is 12.3 Å². The summed E-state index contributed by atoms with van der Waals surface area (Å²) < 4.78 is 22.0. The van der Waals surface area contributed by atoms with Gasteiger partial charge in [0.15, 0.2) is 9.84 Å². The second-order valence-electron chi connectivity index (χ2n) is 2.49. The Morgan fingerprint density at radius 3 is 2.42 bits per heavy atom. The van der Waals surface area contributed by atoms with E-state index in [0.29, 0.717) is 0 Å². The van der Waals surface area contributed by atoms with Crippen molar-refractivity contribution in [1.29, 1.82) is 0 Å². The van der Waals surface area contributed by atoms with Gasteiger partial charge in [0.05, 0.1) is 10.6 Å². The molecule has 0 radical (unpaired) electrons. The van der Waals surface area contributed by atoms with E-state index in [1.54, 1.807) is 0 Å². The molecule has 0 saturated carbocycles. The van der Waals surface area contributed by atoms with Crippen LogP contribution in [0.1, 0.15) is 0 Å². The molecule has 0 unspecified atom stereocenters. The maximum atomic E-state index is 11.0. The quantitative estimate of drug-likeness (QED) is 0.492. The zero-order chi connectivity index (χ0) is 9.35. The number of nitrogen functional groups attached to an aromatic ring is 1. The summed E-state index contributed by atoms with van der Waals surface area (Å²) in [6, 6.07) is 3.82. The van der Waals surface area contributed by atoms with E-state index in [2.05, 4.69) is 0 Å². The third-order valence-electron chi connectivity index (χ3n) is 1.40. The van der Waals surface area contributed by atoms with Crippen molar-refractivity contribution in [3.63, 3.8) is 0 Å². The summed E-state index contributed by atoms with van der Waals surface area (Å²) in [4.78, 5) is -0.0394. The van der Waals surface area contributed by atoms with E-state index >= 15 is 0 Å². The molecule has 0 atom stereocenters. The molecule has 1 aromatic carbocycles. The van der Waals surface area contributed by atoms with Gasteiger partial charge in [-0.1, -0.05) is 0 Å². The van der Waals surface area contributed by atoms with Gasteiger partial charge in [0.25, 0.3) is 0 Å². The fraction of sp³-hybridized carbons (Fsp3) is 0.143. The topological polar surface area (TPSA) is 80.4 Å². The monoisotopic (exact) mass is 187 g/mol. The van der Waals surface area contributed by atoms with Crippen LogP contribution in [-0.4, -0.2) is 19.8 Å². The van der Waals surface area contributed by atoms with Crippen LogP contribution >= 0.6 is 0 Å². The van der Waals surface area contributed by atoms with Crippen LogP contribution in [0.3, 0.4) is 0 Å². The van der Waals surface area contributed by atoms with Crippen molar-refractivity contribution in [2.75, 3.05) is 12.0 Å². The molecule has 0 aliphatic carbocycles. The Labute approximate surface area is 70.6 Å². The van der Waals surface area contributed by atoms with Crippen molar-refractivity contribution in [3.8, 4) is 5.75 Å². The molecule has 0 aromatic heterocycles. The van der Waals surface area contributed by atoms with Crippen molar-refractivity contribution >= 4 is 15.5 Å². The van der Waals surface area contributed by atoms with Gasteiger partial charge in [-0.05, 0) is 12.1 Å². The molecule has 0 aliphatic rings. The fourth-order valence-electron chi connectivity index (χ4n) is 0.844. The van der Waals surface area contributed by atoms with Gasteiger partial charge in [-0.15, -0.1) is 0 Å². The molecule has 0 spiro atoms. The Kier molecular flexibility index (Phi) is 1.97. The molecule has 0 aliphatic heterocycles. The number of benzene rings is 1. The molecule has 12 heavy (non-hydrogen) atoms. The van der Waals surface area contributed by atoms with Crippen LogP contribution in [0.25, 0.3) is 0 Å². The van der Waals surface area contributed by atoms with Crippen molar-refractivity contribution in [1.82, 2.24) is 0 Å². The van der Waals surface area contributed by atoms with E-state index in [1.807, 2.05) is 0 Å². The van der Waals surface area contributed by atoms with Crippen LogP contribution in [0, 0.1) is 0 Å². The van der Waals surface area contributed by atoms with Crippen LogP contribution in [0.2, 0.25) is 0 Å². The van der Waals surface area contributed by atoms with E-state index in [1.165, 1.54) is 12.1 Å². The van der Waals surface area contributed by atoms with Gasteiger partial charge in [-0.3, -0.25) is 0 Å². The molecule has 0 amide bonds. The highest BCUT2D eigenvalue weighted by atomic mass is 32.2. The number of nitrogens with two attached hydrogens (primary N) is 1. The Bertz CT molecular complexity index is 397. The molecule has 1 aromatic rings. The van der Waals surface area contributed by atoms with Gasteiger partial charge in [-0.25, -0.2) is 8.42 Å². The van der Waals surface area contributed by atoms with Crippen LogP contribution < -0.4 is 5.73 Å². The first-order valence-corrected chi connectivity index (χ1v) is 5.09. The third kappa shape index (κ3) is 1.68. The smallest absolute Gasteiger partial charge is 0.177 e. The lowest BCUT2D eigenvalue weighted by atomic mass is 10.3. The molecule has 3 N–H and O–H groups in total. The number of hydrogen-bond acceptors (Lipinski definition) is 4. The fourth-order valence-corrected chi connectivity index (χ4v) is 1.68. The lowest BCUT2D eigenvalue weighted by Gasteiger charge is -2.02. The predicted molar refractivity (Wildman–Crippen MR) is 45.6 cm³/mol. The van der Waals surface area contributed by atoms with Crippen molar-refractivity contribution < 1.29 is 13.5 Å². The second kappa shape index (κ2) is 2.67. The normalized spacial score (nSPS) is 11.4. The maximum absolute atomic E-state index is 11.0. The van der Waals surface area contributed by atoms with E-state index in [9.17, 15) is 8.42 Å². The summed E-state index contributed by atoms with van der Waals surface area (Å²) >= 11 is 0. The van der Waals surface area contributed by atoms with Gasteiger partial charge in [0.1, 0.15) is 5.75 Å². The van der Waals surface area contributed by atoms with Gasteiger partial charge < -0.3 is 10.8 Å². The molecule has 66 valence electrons. The number of rotatable bonds is 1. The molecule has 0 bridgehead atoms. The molecule has 0 heterocycles. The first kappa shape index (κ1) is 8.86. The number of hydrogen-bond donors (Lipinski definition) is 2. The third-order valence-corrected chi connectivity index (χ3v) is 2.55. The summed E-state index contributed by atoms with van der Waals surface area (Å²) in [6.45, 7) is 0. The van der Waals surface area contributed by atoms with Crippen molar-refractivity contribution in [3.05, 3.63) is 18.2 Å². The minimum Gasteiger partial charge on any atom is -0.508 e. The molecule has 4 nitrogen and oxygen atoms in total. The number of aromatic hydroxyl groups is 1. The first-order valence-electron chi connectivity index (χ1n) is 3.20. The molecule has 0 saturated heterocycles. The zero-order valence-electron chi connectivity index (χ0n) is 6.48. The summed E-state index contributed by atoms with van der Waals surface area (Å²) in [5.41, 5.74) is 5.53. The van der Waals surface area contributed by atoms with Crippen LogP contribution in [0.5, 0.6) is 5.75 Å². The molecule has 1 rings (SSSR count). The minimum atomic E-state index is -3.34. The Balaban J connectivity index is 3.43. The van der Waals surface area contributed by atoms with Crippen LogP contribution in [0.4, 0.5) is 5.69 Å². The van der Waals surface area contributed by atoms with Crippen molar-refractivity contribution in [2.45, 2.75) is 4.90 Å². The molecule has 0 fully saturated rings. The minimum absolute atomic E-state index is 0.0394. The summed E-state index contributed by atoms with van der Waals surface area (Å²) in [5.74, 6) is -0.107. The van der Waals surface area contributed by atoms with Crippen LogP contribution in [-0.2, 0) is 9.84 Å². The summed E-state index contributed by atoms with van der Waals surface area (Å²) in [5, 5.41) is 8.98. The standard InChI is InChI=1S/C7H9NO3S/c1-12(10,11)7-4-5(9)2-3-6(7)8/h2-4,9H,8H2,1H3. The van der Waals surface area contributed by atoms with Gasteiger partial charge >= 0.3 is 0 Å². The number of phenols is 1. The number of anilines is 1. The Morgan fingerprint density at radius 2 is 2.00 bits per heavy atom. The highest BCUT2D eigenvalue weighted by Crippen LogP contribution is 2.22. The summed E-state index contributed by atoms with van der Waals surface area (Å²) in [6.07, 6.45) is 1.04. The average molecular weight is 187 g/mol. The molecular formula is C7H9NO3S. The Morgan fingerprint density at radius 1 is 1.42 bits per heavy atom. The summed E-state index contributed by atoms with van der Waals surface area (Å²) in [7, 11) is -3.34. The van der Waals surface area contributed by atoms with E-state index in [-0.39, 0.29) is 16.3 Å². The lowest BCUT2D eigenvalue weighted by molar-refractivity contribution is 0.473.